The summed E-state index contributed by atoms with van der Waals surface area (Å²) in [6.45, 7) is 0. The Hall–Kier alpha value is -1.45. The maximum absolute atomic E-state index is 10.1. The molecule has 4 heteroatoms. The molecular formula is C5H3N2O2. The number of aromatic nitrogens is 2. The van der Waals surface area contributed by atoms with Crippen LogP contribution in [0, 0.1) is 6.20 Å². The van der Waals surface area contributed by atoms with E-state index < -0.39 is 5.97 Å². The van der Waals surface area contributed by atoms with Crippen LogP contribution in [0.1, 0.15) is 10.5 Å². The molecule has 0 aromatic carbocycles. The van der Waals surface area contributed by atoms with Gasteiger partial charge < -0.3 is 5.11 Å². The second kappa shape index (κ2) is 2.21. The van der Waals surface area contributed by atoms with Gasteiger partial charge in [0.15, 0.2) is 5.69 Å². The van der Waals surface area contributed by atoms with Gasteiger partial charge in [-0.15, -0.1) is 0 Å². The van der Waals surface area contributed by atoms with E-state index in [-0.39, 0.29) is 5.69 Å². The van der Waals surface area contributed by atoms with E-state index >= 15 is 0 Å². The fourth-order valence-corrected chi connectivity index (χ4v) is 0.372. The van der Waals surface area contributed by atoms with E-state index in [2.05, 4.69) is 16.2 Å². The number of hydrogen-bond acceptors (Lipinski definition) is 3. The Morgan fingerprint density at radius 1 is 1.67 bits per heavy atom. The first-order valence-corrected chi connectivity index (χ1v) is 2.22. The van der Waals surface area contributed by atoms with Gasteiger partial charge in [-0.2, -0.15) is 0 Å². The van der Waals surface area contributed by atoms with Gasteiger partial charge in [0.1, 0.15) is 6.20 Å². The smallest absolute Gasteiger partial charge is 0.356 e. The van der Waals surface area contributed by atoms with Gasteiger partial charge in [0.25, 0.3) is 0 Å². The summed E-state index contributed by atoms with van der Waals surface area (Å²) < 4.78 is 0. The molecule has 1 radical (unpaired) electrons. The maximum atomic E-state index is 10.1. The van der Waals surface area contributed by atoms with Gasteiger partial charge in [0.05, 0.1) is 0 Å². The van der Waals surface area contributed by atoms with E-state index in [0.29, 0.717) is 0 Å². The molecule has 9 heavy (non-hydrogen) atoms. The fraction of sp³-hybridized carbons (Fsp3) is 0. The van der Waals surface area contributed by atoms with Crippen molar-refractivity contribution in [2.75, 3.05) is 0 Å². The zero-order valence-corrected chi connectivity index (χ0v) is 4.40. The third kappa shape index (κ3) is 1.22. The minimum atomic E-state index is -1.11. The van der Waals surface area contributed by atoms with E-state index in [1.54, 1.807) is 0 Å². The fourth-order valence-electron chi connectivity index (χ4n) is 0.372. The van der Waals surface area contributed by atoms with Crippen LogP contribution in [0.4, 0.5) is 0 Å². The molecule has 0 saturated carbocycles. The number of aromatic carboxylic acids is 1. The summed E-state index contributed by atoms with van der Waals surface area (Å²) in [7, 11) is 0. The largest absolute Gasteiger partial charge is 0.476 e. The topological polar surface area (TPSA) is 63.1 Å². The predicted molar refractivity (Wildman–Crippen MR) is 27.8 cm³/mol. The highest BCUT2D eigenvalue weighted by Crippen LogP contribution is 1.85. The molecule has 0 saturated heterocycles. The van der Waals surface area contributed by atoms with Crippen LogP contribution in [0.2, 0.25) is 0 Å². The van der Waals surface area contributed by atoms with E-state index in [1.807, 2.05) is 0 Å². The first kappa shape index (κ1) is 5.68. The van der Waals surface area contributed by atoms with Crippen molar-refractivity contribution < 1.29 is 9.90 Å². The summed E-state index contributed by atoms with van der Waals surface area (Å²) >= 11 is 0. The molecule has 4 nitrogen and oxygen atoms in total. The van der Waals surface area contributed by atoms with Crippen LogP contribution in [0.3, 0.4) is 0 Å². The molecule has 0 unspecified atom stereocenters. The van der Waals surface area contributed by atoms with Crippen LogP contribution >= 0.6 is 0 Å². The number of hydrogen-bond donors (Lipinski definition) is 1. The van der Waals surface area contributed by atoms with Crippen molar-refractivity contribution in [3.63, 3.8) is 0 Å². The van der Waals surface area contributed by atoms with E-state index in [0.717, 1.165) is 0 Å². The van der Waals surface area contributed by atoms with Gasteiger partial charge in [-0.1, -0.05) is 0 Å². The predicted octanol–water partition coefficient (Wildman–Crippen LogP) is -0.0250. The van der Waals surface area contributed by atoms with Crippen molar-refractivity contribution in [2.45, 2.75) is 0 Å². The summed E-state index contributed by atoms with van der Waals surface area (Å²) in [5.74, 6) is -1.11. The van der Waals surface area contributed by atoms with E-state index in [4.69, 9.17) is 5.11 Å². The second-order valence-corrected chi connectivity index (χ2v) is 1.32. The molecule has 1 rings (SSSR count). The first-order chi connectivity index (χ1) is 4.30. The van der Waals surface area contributed by atoms with Gasteiger partial charge in [-0.25, -0.2) is 9.78 Å². The lowest BCUT2D eigenvalue weighted by Crippen LogP contribution is -1.99. The molecule has 0 amide bonds. The number of nitrogens with zero attached hydrogens (tertiary/aromatic N) is 2. The second-order valence-electron chi connectivity index (χ2n) is 1.32. The van der Waals surface area contributed by atoms with Gasteiger partial charge in [0.2, 0.25) is 0 Å². The molecule has 0 aliphatic heterocycles. The zero-order chi connectivity index (χ0) is 6.69. The Morgan fingerprint density at radius 2 is 2.44 bits per heavy atom. The monoisotopic (exact) mass is 123 g/mol. The van der Waals surface area contributed by atoms with Crippen LogP contribution in [0.15, 0.2) is 12.4 Å². The quantitative estimate of drug-likeness (QED) is 0.569. The molecule has 0 bridgehead atoms. The highest BCUT2D eigenvalue weighted by Gasteiger charge is 2.01. The molecule has 0 fully saturated rings. The molecule has 1 aromatic rings. The molecule has 1 heterocycles. The van der Waals surface area contributed by atoms with Crippen molar-refractivity contribution in [3.05, 3.63) is 24.3 Å². The Kier molecular flexibility index (Phi) is 1.40. The lowest BCUT2D eigenvalue weighted by Gasteiger charge is -1.85. The SMILES string of the molecule is O=C(O)c1[c]nccn1. The lowest BCUT2D eigenvalue weighted by atomic mass is 10.5. The number of rotatable bonds is 1. The molecule has 1 aromatic heterocycles. The van der Waals surface area contributed by atoms with Gasteiger partial charge >= 0.3 is 5.97 Å². The standard InChI is InChI=1S/C5H3N2O2/c8-5(9)4-3-6-1-2-7-4/h1-2H,(H,8,9). The number of carbonyl (C=O) groups is 1. The normalized spacial score (nSPS) is 8.89. The Balaban J connectivity index is 2.98. The third-order valence-corrected chi connectivity index (χ3v) is 0.718. The third-order valence-electron chi connectivity index (χ3n) is 0.718. The van der Waals surface area contributed by atoms with Crippen LogP contribution in [0.5, 0.6) is 0 Å². The molecule has 0 aliphatic rings. The summed E-state index contributed by atoms with van der Waals surface area (Å²) in [5, 5.41) is 8.25. The number of carboxylic acids is 1. The highest BCUT2D eigenvalue weighted by molar-refractivity contribution is 5.84. The van der Waals surface area contributed by atoms with Crippen LogP contribution in [-0.2, 0) is 0 Å². The molecule has 0 aliphatic carbocycles. The van der Waals surface area contributed by atoms with Crippen molar-refractivity contribution in [2.24, 2.45) is 0 Å². The minimum absolute atomic E-state index is 0.155. The van der Waals surface area contributed by atoms with Crippen molar-refractivity contribution >= 4 is 5.97 Å². The van der Waals surface area contributed by atoms with Crippen molar-refractivity contribution in [1.29, 1.82) is 0 Å². The van der Waals surface area contributed by atoms with Crippen LogP contribution < -0.4 is 0 Å². The Labute approximate surface area is 51.2 Å². The lowest BCUT2D eigenvalue weighted by molar-refractivity contribution is 0.0689. The Morgan fingerprint density at radius 3 is 2.78 bits per heavy atom. The average Bonchev–Trinajstić information content (AvgIpc) is 1.90. The highest BCUT2D eigenvalue weighted by atomic mass is 16.4. The van der Waals surface area contributed by atoms with Crippen molar-refractivity contribution in [1.82, 2.24) is 9.97 Å². The molecule has 1 N–H and O–H groups in total. The Bertz CT molecular complexity index is 209. The zero-order valence-electron chi connectivity index (χ0n) is 4.40. The molecular weight excluding hydrogens is 120 g/mol. The van der Waals surface area contributed by atoms with Crippen molar-refractivity contribution in [3.8, 4) is 0 Å². The summed E-state index contributed by atoms with van der Waals surface area (Å²) in [4.78, 5) is 17.0. The van der Waals surface area contributed by atoms with Gasteiger partial charge in [-0.3, -0.25) is 4.98 Å². The number of carboxylic acid groups (broad SMARTS) is 1. The molecule has 45 valence electrons. The van der Waals surface area contributed by atoms with E-state index in [1.165, 1.54) is 12.4 Å². The summed E-state index contributed by atoms with van der Waals surface area (Å²) in [6.07, 6.45) is 4.88. The average molecular weight is 123 g/mol. The molecule has 0 spiro atoms. The van der Waals surface area contributed by atoms with Crippen LogP contribution in [-0.4, -0.2) is 21.0 Å². The van der Waals surface area contributed by atoms with E-state index in [9.17, 15) is 4.79 Å². The summed E-state index contributed by atoms with van der Waals surface area (Å²) in [5.41, 5.74) is -0.155. The maximum Gasteiger partial charge on any atom is 0.356 e. The van der Waals surface area contributed by atoms with Crippen LogP contribution in [0.25, 0.3) is 0 Å². The minimum Gasteiger partial charge on any atom is -0.476 e. The first-order valence-electron chi connectivity index (χ1n) is 2.22. The molecule has 0 atom stereocenters. The summed E-state index contributed by atoms with van der Waals surface area (Å²) in [6, 6.07) is 0. The van der Waals surface area contributed by atoms with Gasteiger partial charge in [-0.05, 0) is 0 Å². The van der Waals surface area contributed by atoms with Gasteiger partial charge in [0, 0.05) is 12.4 Å².